The van der Waals surface area contributed by atoms with Crippen LogP contribution in [-0.4, -0.2) is 12.1 Å². The number of hydrazone groups is 1. The van der Waals surface area contributed by atoms with Gasteiger partial charge < -0.3 is 0 Å². The van der Waals surface area contributed by atoms with Crippen LogP contribution in [0, 0.1) is 13.8 Å². The number of amides is 1. The number of carbonyl (C=O) groups is 1. The molecule has 0 atom stereocenters. The largest absolute Gasteiger partial charge is 0.271 e. The first-order chi connectivity index (χ1) is 9.16. The summed E-state index contributed by atoms with van der Waals surface area (Å²) in [4.78, 5) is 11.7. The second-order valence-corrected chi connectivity index (χ2v) is 4.43. The van der Waals surface area contributed by atoms with Crippen LogP contribution in [0.3, 0.4) is 0 Å². The van der Waals surface area contributed by atoms with Crippen LogP contribution >= 0.6 is 0 Å². The van der Waals surface area contributed by atoms with Crippen molar-refractivity contribution in [1.82, 2.24) is 5.43 Å². The van der Waals surface area contributed by atoms with E-state index in [1.165, 1.54) is 5.56 Å². The number of carbonyl (C=O) groups excluding carboxylic acids is 1. The standard InChI is InChI=1S/C16H16N2O/c1-12-8-9-15(13(2)10-12)11-17-18-16(19)14-6-4-3-5-7-14/h3-11H,1-2H3,(H,18,19)/b17-11+. The van der Waals surface area contributed by atoms with Crippen molar-refractivity contribution in [3.05, 3.63) is 70.8 Å². The monoisotopic (exact) mass is 252 g/mol. The summed E-state index contributed by atoms with van der Waals surface area (Å²) in [5.74, 6) is -0.207. The number of hydrogen-bond acceptors (Lipinski definition) is 2. The summed E-state index contributed by atoms with van der Waals surface area (Å²) in [5.41, 5.74) is 6.46. The van der Waals surface area contributed by atoms with Gasteiger partial charge in [0.25, 0.3) is 5.91 Å². The molecule has 1 N–H and O–H groups in total. The second kappa shape index (κ2) is 5.96. The molecule has 0 aliphatic rings. The molecule has 1 amide bonds. The number of nitrogens with one attached hydrogen (secondary N) is 1. The van der Waals surface area contributed by atoms with Crippen molar-refractivity contribution in [2.24, 2.45) is 5.10 Å². The summed E-state index contributed by atoms with van der Waals surface area (Å²) in [6.07, 6.45) is 1.66. The third-order valence-electron chi connectivity index (χ3n) is 2.83. The van der Waals surface area contributed by atoms with E-state index in [0.717, 1.165) is 11.1 Å². The average molecular weight is 252 g/mol. The van der Waals surface area contributed by atoms with Crippen molar-refractivity contribution in [3.8, 4) is 0 Å². The SMILES string of the molecule is Cc1ccc(/C=N/NC(=O)c2ccccc2)c(C)c1. The quantitative estimate of drug-likeness (QED) is 0.662. The molecule has 3 heteroatoms. The predicted molar refractivity (Wildman–Crippen MR) is 77.4 cm³/mol. The lowest BCUT2D eigenvalue weighted by atomic mass is 10.1. The minimum atomic E-state index is -0.207. The summed E-state index contributed by atoms with van der Waals surface area (Å²) in [6.45, 7) is 4.07. The summed E-state index contributed by atoms with van der Waals surface area (Å²) in [5, 5.41) is 3.98. The molecule has 0 fully saturated rings. The number of benzene rings is 2. The van der Waals surface area contributed by atoms with Crippen molar-refractivity contribution < 1.29 is 4.79 Å². The van der Waals surface area contributed by atoms with Crippen molar-refractivity contribution in [1.29, 1.82) is 0 Å². The van der Waals surface area contributed by atoms with Crippen molar-refractivity contribution in [2.75, 3.05) is 0 Å². The normalized spacial score (nSPS) is 10.6. The van der Waals surface area contributed by atoms with Crippen molar-refractivity contribution in [3.63, 3.8) is 0 Å². The summed E-state index contributed by atoms with van der Waals surface area (Å²) in [6, 6.07) is 15.1. The molecule has 0 saturated heterocycles. The Morgan fingerprint density at radius 1 is 1.11 bits per heavy atom. The van der Waals surface area contributed by atoms with E-state index in [4.69, 9.17) is 0 Å². The van der Waals surface area contributed by atoms with E-state index < -0.39 is 0 Å². The highest BCUT2D eigenvalue weighted by Gasteiger charge is 2.01. The summed E-state index contributed by atoms with van der Waals surface area (Å²) >= 11 is 0. The zero-order valence-electron chi connectivity index (χ0n) is 11.1. The lowest BCUT2D eigenvalue weighted by Gasteiger charge is -2.02. The second-order valence-electron chi connectivity index (χ2n) is 4.43. The maximum Gasteiger partial charge on any atom is 0.271 e. The van der Waals surface area contributed by atoms with Gasteiger partial charge in [0.1, 0.15) is 0 Å². The van der Waals surface area contributed by atoms with Crippen LogP contribution in [0.2, 0.25) is 0 Å². The van der Waals surface area contributed by atoms with Crippen molar-refractivity contribution in [2.45, 2.75) is 13.8 Å². The van der Waals surface area contributed by atoms with Crippen LogP contribution in [0.25, 0.3) is 0 Å². The summed E-state index contributed by atoms with van der Waals surface area (Å²) < 4.78 is 0. The molecule has 0 spiro atoms. The van der Waals surface area contributed by atoms with Crippen LogP contribution in [0.1, 0.15) is 27.0 Å². The average Bonchev–Trinajstić information content (AvgIpc) is 2.42. The molecular formula is C16H16N2O. The van der Waals surface area contributed by atoms with E-state index in [-0.39, 0.29) is 5.91 Å². The molecule has 2 aromatic rings. The molecule has 0 radical (unpaired) electrons. The summed E-state index contributed by atoms with van der Waals surface area (Å²) in [7, 11) is 0. The topological polar surface area (TPSA) is 41.5 Å². The molecule has 0 bridgehead atoms. The molecule has 2 aromatic carbocycles. The Kier molecular flexibility index (Phi) is 4.08. The molecular weight excluding hydrogens is 236 g/mol. The zero-order valence-corrected chi connectivity index (χ0v) is 11.1. The minimum absolute atomic E-state index is 0.207. The molecule has 0 aliphatic heterocycles. The molecule has 3 nitrogen and oxygen atoms in total. The van der Waals surface area contributed by atoms with Gasteiger partial charge in [-0.2, -0.15) is 5.10 Å². The van der Waals surface area contributed by atoms with Gasteiger partial charge in [-0.15, -0.1) is 0 Å². The lowest BCUT2D eigenvalue weighted by molar-refractivity contribution is 0.0955. The Bertz CT molecular complexity index is 603. The molecule has 96 valence electrons. The lowest BCUT2D eigenvalue weighted by Crippen LogP contribution is -2.17. The first-order valence-electron chi connectivity index (χ1n) is 6.12. The minimum Gasteiger partial charge on any atom is -0.267 e. The van der Waals surface area contributed by atoms with Gasteiger partial charge in [-0.3, -0.25) is 4.79 Å². The smallest absolute Gasteiger partial charge is 0.267 e. The number of aryl methyl sites for hydroxylation is 2. The Morgan fingerprint density at radius 2 is 1.84 bits per heavy atom. The van der Waals surface area contributed by atoms with Crippen LogP contribution in [0.15, 0.2) is 53.6 Å². The maximum absolute atomic E-state index is 11.7. The molecule has 0 aliphatic carbocycles. The highest BCUT2D eigenvalue weighted by Crippen LogP contribution is 2.07. The Balaban J connectivity index is 2.02. The molecule has 19 heavy (non-hydrogen) atoms. The van der Waals surface area contributed by atoms with Crippen LogP contribution < -0.4 is 5.43 Å². The predicted octanol–water partition coefficient (Wildman–Crippen LogP) is 3.07. The molecule has 2 rings (SSSR count). The van der Waals surface area contributed by atoms with Gasteiger partial charge in [0.2, 0.25) is 0 Å². The van der Waals surface area contributed by atoms with E-state index in [1.807, 2.05) is 44.2 Å². The van der Waals surface area contributed by atoms with Gasteiger partial charge >= 0.3 is 0 Å². The number of hydrogen-bond donors (Lipinski definition) is 1. The fourth-order valence-electron chi connectivity index (χ4n) is 1.78. The first-order valence-corrected chi connectivity index (χ1v) is 6.12. The number of nitrogens with zero attached hydrogens (tertiary/aromatic N) is 1. The molecule has 0 saturated carbocycles. The first kappa shape index (κ1) is 13.0. The van der Waals surface area contributed by atoms with Gasteiger partial charge in [-0.1, -0.05) is 42.0 Å². The van der Waals surface area contributed by atoms with Gasteiger partial charge in [0.05, 0.1) is 6.21 Å². The zero-order chi connectivity index (χ0) is 13.7. The number of rotatable bonds is 3. The van der Waals surface area contributed by atoms with Gasteiger partial charge in [0, 0.05) is 5.56 Å². The Labute approximate surface area is 113 Å². The van der Waals surface area contributed by atoms with E-state index in [2.05, 4.69) is 16.6 Å². The third kappa shape index (κ3) is 3.52. The fourth-order valence-corrected chi connectivity index (χ4v) is 1.78. The fraction of sp³-hybridized carbons (Fsp3) is 0.125. The van der Waals surface area contributed by atoms with Gasteiger partial charge in [0.15, 0.2) is 0 Å². The van der Waals surface area contributed by atoms with Crippen LogP contribution in [0.4, 0.5) is 0 Å². The van der Waals surface area contributed by atoms with E-state index in [0.29, 0.717) is 5.56 Å². The highest BCUT2D eigenvalue weighted by atomic mass is 16.2. The van der Waals surface area contributed by atoms with Gasteiger partial charge in [-0.25, -0.2) is 5.43 Å². The van der Waals surface area contributed by atoms with Crippen molar-refractivity contribution >= 4 is 12.1 Å². The Morgan fingerprint density at radius 3 is 2.53 bits per heavy atom. The van der Waals surface area contributed by atoms with E-state index in [1.54, 1.807) is 18.3 Å². The van der Waals surface area contributed by atoms with Crippen LogP contribution in [0.5, 0.6) is 0 Å². The molecule has 0 unspecified atom stereocenters. The van der Waals surface area contributed by atoms with Gasteiger partial charge in [-0.05, 0) is 37.1 Å². The third-order valence-corrected chi connectivity index (χ3v) is 2.83. The maximum atomic E-state index is 11.7. The molecule has 0 heterocycles. The molecule has 0 aromatic heterocycles. The highest BCUT2D eigenvalue weighted by molar-refractivity contribution is 5.94. The Hall–Kier alpha value is -2.42. The van der Waals surface area contributed by atoms with Crippen LogP contribution in [-0.2, 0) is 0 Å². The van der Waals surface area contributed by atoms with E-state index in [9.17, 15) is 4.79 Å². The van der Waals surface area contributed by atoms with E-state index >= 15 is 0 Å².